The minimum atomic E-state index is -0.952. The molecular weight excluding hydrogens is 197 g/mol. The number of rotatable bonds is 4. The Morgan fingerprint density at radius 3 is 2.73 bits per heavy atom. The monoisotopic (exact) mass is 211 g/mol. The lowest BCUT2D eigenvalue weighted by Gasteiger charge is -2.15. The highest BCUT2D eigenvalue weighted by Gasteiger charge is 2.20. The lowest BCUT2D eigenvalue weighted by molar-refractivity contribution is -0.139. The molecule has 0 aliphatic carbocycles. The topological polar surface area (TPSA) is 49.3 Å². The van der Waals surface area contributed by atoms with Gasteiger partial charge in [-0.2, -0.15) is 0 Å². The lowest BCUT2D eigenvalue weighted by Crippen LogP contribution is -2.28. The summed E-state index contributed by atoms with van der Waals surface area (Å²) in [5, 5.41) is 11.8. The van der Waals surface area contributed by atoms with Crippen molar-refractivity contribution >= 4 is 5.97 Å². The Kier molecular flexibility index (Phi) is 3.80. The molecule has 0 bridgehead atoms. The summed E-state index contributed by atoms with van der Waals surface area (Å²) in [5.41, 5.74) is 1.24. The summed E-state index contributed by atoms with van der Waals surface area (Å²) in [4.78, 5) is 11.0. The van der Waals surface area contributed by atoms with E-state index in [9.17, 15) is 9.18 Å². The van der Waals surface area contributed by atoms with E-state index in [2.05, 4.69) is 5.32 Å². The van der Waals surface area contributed by atoms with Crippen LogP contribution in [-0.2, 0) is 4.79 Å². The maximum Gasteiger partial charge on any atom is 0.325 e. The first kappa shape index (κ1) is 11.7. The summed E-state index contributed by atoms with van der Waals surface area (Å²) in [5.74, 6) is -1.30. The average Bonchev–Trinajstić information content (AvgIpc) is 2.15. The van der Waals surface area contributed by atoms with E-state index in [0.29, 0.717) is 17.7 Å². The van der Waals surface area contributed by atoms with Gasteiger partial charge in [-0.05, 0) is 36.7 Å². The van der Waals surface area contributed by atoms with Gasteiger partial charge in [0.05, 0.1) is 0 Å². The van der Waals surface area contributed by atoms with E-state index in [1.165, 1.54) is 18.2 Å². The number of nitrogens with one attached hydrogen (secondary N) is 1. The van der Waals surface area contributed by atoms with E-state index in [1.54, 1.807) is 6.92 Å². The van der Waals surface area contributed by atoms with Gasteiger partial charge in [-0.3, -0.25) is 4.79 Å². The molecule has 0 saturated heterocycles. The van der Waals surface area contributed by atoms with Gasteiger partial charge in [0.1, 0.15) is 11.9 Å². The van der Waals surface area contributed by atoms with Crippen LogP contribution in [0.5, 0.6) is 0 Å². The molecule has 0 heterocycles. The third kappa shape index (κ3) is 2.76. The van der Waals surface area contributed by atoms with Crippen molar-refractivity contribution in [2.45, 2.75) is 19.9 Å². The molecule has 1 rings (SSSR count). The van der Waals surface area contributed by atoms with Crippen LogP contribution in [0.2, 0.25) is 0 Å². The molecule has 0 aromatic heterocycles. The van der Waals surface area contributed by atoms with Crippen LogP contribution in [0.25, 0.3) is 0 Å². The van der Waals surface area contributed by atoms with Crippen molar-refractivity contribution in [2.24, 2.45) is 0 Å². The summed E-state index contributed by atoms with van der Waals surface area (Å²) < 4.78 is 12.8. The van der Waals surface area contributed by atoms with E-state index in [4.69, 9.17) is 5.11 Å². The Labute approximate surface area is 87.9 Å². The zero-order chi connectivity index (χ0) is 11.4. The molecule has 0 aliphatic rings. The minimum absolute atomic E-state index is 0.350. The number of hydrogen-bond acceptors (Lipinski definition) is 2. The number of benzene rings is 1. The molecule has 2 N–H and O–H groups in total. The zero-order valence-electron chi connectivity index (χ0n) is 8.75. The van der Waals surface area contributed by atoms with Crippen LogP contribution in [0.15, 0.2) is 18.2 Å². The van der Waals surface area contributed by atoms with Gasteiger partial charge in [-0.1, -0.05) is 13.0 Å². The molecular formula is C11H14FNO2. The van der Waals surface area contributed by atoms with E-state index < -0.39 is 12.0 Å². The molecule has 4 heteroatoms. The Bertz CT molecular complexity index is 366. The van der Waals surface area contributed by atoms with E-state index >= 15 is 0 Å². The Balaban J connectivity index is 3.05. The first-order valence-electron chi connectivity index (χ1n) is 4.78. The molecule has 0 amide bonds. The molecule has 1 aromatic rings. The number of hydrogen-bond donors (Lipinski definition) is 2. The molecule has 1 atom stereocenters. The normalized spacial score (nSPS) is 12.5. The van der Waals surface area contributed by atoms with Gasteiger partial charge in [0.25, 0.3) is 0 Å². The molecule has 0 fully saturated rings. The van der Waals surface area contributed by atoms with Crippen molar-refractivity contribution in [1.82, 2.24) is 5.32 Å². The van der Waals surface area contributed by atoms with Crippen molar-refractivity contribution < 1.29 is 14.3 Å². The fourth-order valence-corrected chi connectivity index (χ4v) is 1.50. The van der Waals surface area contributed by atoms with E-state index in [0.717, 1.165) is 0 Å². The smallest absolute Gasteiger partial charge is 0.325 e. The van der Waals surface area contributed by atoms with Gasteiger partial charge < -0.3 is 10.4 Å². The minimum Gasteiger partial charge on any atom is -0.480 e. The van der Waals surface area contributed by atoms with Crippen molar-refractivity contribution in [3.63, 3.8) is 0 Å². The van der Waals surface area contributed by atoms with Crippen LogP contribution in [0.1, 0.15) is 24.1 Å². The second kappa shape index (κ2) is 4.89. The predicted octanol–water partition coefficient (Wildman–Crippen LogP) is 1.87. The van der Waals surface area contributed by atoms with Crippen LogP contribution in [0.4, 0.5) is 4.39 Å². The third-order valence-electron chi connectivity index (χ3n) is 2.20. The molecule has 0 spiro atoms. The molecule has 1 unspecified atom stereocenters. The molecule has 15 heavy (non-hydrogen) atoms. The fourth-order valence-electron chi connectivity index (χ4n) is 1.50. The molecule has 0 saturated carbocycles. The number of likely N-dealkylation sites (N-methyl/N-ethyl adjacent to an activating group) is 1. The van der Waals surface area contributed by atoms with Crippen LogP contribution < -0.4 is 5.32 Å². The number of carboxylic acids is 1. The van der Waals surface area contributed by atoms with Gasteiger partial charge in [-0.15, -0.1) is 0 Å². The quantitative estimate of drug-likeness (QED) is 0.799. The zero-order valence-corrected chi connectivity index (χ0v) is 8.75. The second-order valence-electron chi connectivity index (χ2n) is 3.33. The predicted molar refractivity (Wildman–Crippen MR) is 55.2 cm³/mol. The van der Waals surface area contributed by atoms with Gasteiger partial charge in [0.2, 0.25) is 0 Å². The van der Waals surface area contributed by atoms with E-state index in [1.807, 2.05) is 6.92 Å². The number of aryl methyl sites for hydroxylation is 1. The van der Waals surface area contributed by atoms with Crippen molar-refractivity contribution in [3.05, 3.63) is 35.1 Å². The SMILES string of the molecule is CCNC(C(=O)O)c1ccc(F)cc1C. The van der Waals surface area contributed by atoms with Crippen LogP contribution >= 0.6 is 0 Å². The summed E-state index contributed by atoms with van der Waals surface area (Å²) in [6, 6.07) is 3.35. The maximum absolute atomic E-state index is 12.8. The fraction of sp³-hybridized carbons (Fsp3) is 0.364. The number of aliphatic carboxylic acids is 1. The Morgan fingerprint density at radius 1 is 1.60 bits per heavy atom. The largest absolute Gasteiger partial charge is 0.480 e. The van der Waals surface area contributed by atoms with Crippen LogP contribution in [0, 0.1) is 12.7 Å². The highest BCUT2D eigenvalue weighted by molar-refractivity contribution is 5.76. The number of carbonyl (C=O) groups is 1. The van der Waals surface area contributed by atoms with Gasteiger partial charge in [-0.25, -0.2) is 4.39 Å². The average molecular weight is 211 g/mol. The Hall–Kier alpha value is -1.42. The van der Waals surface area contributed by atoms with Gasteiger partial charge in [0.15, 0.2) is 0 Å². The lowest BCUT2D eigenvalue weighted by atomic mass is 10.0. The summed E-state index contributed by atoms with van der Waals surface area (Å²) in [6.45, 7) is 4.08. The summed E-state index contributed by atoms with van der Waals surface area (Å²) in [7, 11) is 0. The van der Waals surface area contributed by atoms with Crippen molar-refractivity contribution in [1.29, 1.82) is 0 Å². The van der Waals surface area contributed by atoms with Crippen LogP contribution in [-0.4, -0.2) is 17.6 Å². The van der Waals surface area contributed by atoms with Gasteiger partial charge >= 0.3 is 5.97 Å². The Morgan fingerprint density at radius 2 is 2.27 bits per heavy atom. The number of carboxylic acid groups (broad SMARTS) is 1. The molecule has 82 valence electrons. The summed E-state index contributed by atoms with van der Waals surface area (Å²) in [6.07, 6.45) is 0. The standard InChI is InChI=1S/C11H14FNO2/c1-3-13-10(11(14)15)9-5-4-8(12)6-7(9)2/h4-6,10,13H,3H2,1-2H3,(H,14,15). The first-order chi connectivity index (χ1) is 7.06. The van der Waals surface area contributed by atoms with E-state index in [-0.39, 0.29) is 5.82 Å². The molecule has 3 nitrogen and oxygen atoms in total. The first-order valence-corrected chi connectivity index (χ1v) is 4.78. The third-order valence-corrected chi connectivity index (χ3v) is 2.20. The highest BCUT2D eigenvalue weighted by Crippen LogP contribution is 2.18. The summed E-state index contributed by atoms with van der Waals surface area (Å²) >= 11 is 0. The number of halogens is 1. The molecule has 0 radical (unpaired) electrons. The molecule has 0 aliphatic heterocycles. The molecule has 1 aromatic carbocycles. The van der Waals surface area contributed by atoms with Crippen molar-refractivity contribution in [2.75, 3.05) is 6.54 Å². The maximum atomic E-state index is 12.8. The van der Waals surface area contributed by atoms with Gasteiger partial charge in [0, 0.05) is 0 Å². The second-order valence-corrected chi connectivity index (χ2v) is 3.33. The van der Waals surface area contributed by atoms with Crippen molar-refractivity contribution in [3.8, 4) is 0 Å². The van der Waals surface area contributed by atoms with Crippen LogP contribution in [0.3, 0.4) is 0 Å². The highest BCUT2D eigenvalue weighted by atomic mass is 19.1.